The second kappa shape index (κ2) is 9.38. The number of carbonyl (C=O) groups is 1. The number of fused-ring (bicyclic) bond motifs is 1. The minimum absolute atomic E-state index is 0.103. The monoisotopic (exact) mass is 460 g/mol. The number of methoxy groups -OCH3 is 1. The fourth-order valence-electron chi connectivity index (χ4n) is 4.15. The quantitative estimate of drug-likeness (QED) is 0.681. The molecule has 0 spiro atoms. The average molecular weight is 461 g/mol. The number of aryl methyl sites for hydroxylation is 1. The van der Waals surface area contributed by atoms with E-state index in [1.54, 1.807) is 13.2 Å². The molecule has 2 aliphatic heterocycles. The number of benzene rings is 2. The molecule has 32 heavy (non-hydrogen) atoms. The van der Waals surface area contributed by atoms with E-state index in [1.807, 2.05) is 25.1 Å². The van der Waals surface area contributed by atoms with E-state index in [-0.39, 0.29) is 10.8 Å². The molecule has 172 valence electrons. The minimum atomic E-state index is -3.84. The molecule has 0 saturated carbocycles. The van der Waals surface area contributed by atoms with Crippen LogP contribution in [-0.2, 0) is 21.2 Å². The van der Waals surface area contributed by atoms with Gasteiger partial charge in [-0.05, 0) is 49.9 Å². The zero-order valence-electron chi connectivity index (χ0n) is 18.3. The first-order chi connectivity index (χ1) is 15.4. The molecule has 1 fully saturated rings. The summed E-state index contributed by atoms with van der Waals surface area (Å²) in [5.74, 6) is 1.42. The van der Waals surface area contributed by atoms with E-state index in [9.17, 15) is 13.2 Å². The summed E-state index contributed by atoms with van der Waals surface area (Å²) in [6, 6.07) is 9.75. The predicted molar refractivity (Wildman–Crippen MR) is 119 cm³/mol. The molecule has 9 heteroatoms. The van der Waals surface area contributed by atoms with Gasteiger partial charge >= 0.3 is 0 Å². The van der Waals surface area contributed by atoms with Crippen LogP contribution in [0.15, 0.2) is 41.3 Å². The highest BCUT2D eigenvalue weighted by Crippen LogP contribution is 2.34. The summed E-state index contributed by atoms with van der Waals surface area (Å²) in [6.45, 7) is 3.51. The predicted octanol–water partition coefficient (Wildman–Crippen LogP) is 2.29. The van der Waals surface area contributed by atoms with E-state index < -0.39 is 16.1 Å². The first-order valence-corrected chi connectivity index (χ1v) is 12.2. The third-order valence-electron chi connectivity index (χ3n) is 5.76. The van der Waals surface area contributed by atoms with Crippen LogP contribution in [-0.4, -0.2) is 58.1 Å². The van der Waals surface area contributed by atoms with E-state index in [4.69, 9.17) is 14.2 Å². The summed E-state index contributed by atoms with van der Waals surface area (Å²) in [5.41, 5.74) is 2.11. The molecule has 0 bridgehead atoms. The van der Waals surface area contributed by atoms with Crippen LogP contribution in [0, 0.1) is 6.92 Å². The second-order valence-corrected chi connectivity index (χ2v) is 9.83. The van der Waals surface area contributed by atoms with Crippen LogP contribution in [0.5, 0.6) is 17.2 Å². The Labute approximate surface area is 188 Å². The van der Waals surface area contributed by atoms with Crippen molar-refractivity contribution in [3.8, 4) is 17.2 Å². The fourth-order valence-corrected chi connectivity index (χ4v) is 5.82. The molecule has 1 amide bonds. The Bertz CT molecular complexity index is 1100. The van der Waals surface area contributed by atoms with Crippen molar-refractivity contribution in [2.75, 3.05) is 33.4 Å². The highest BCUT2D eigenvalue weighted by atomic mass is 32.2. The number of rotatable bonds is 7. The first kappa shape index (κ1) is 22.4. The third kappa shape index (κ3) is 4.54. The summed E-state index contributed by atoms with van der Waals surface area (Å²) >= 11 is 0. The maximum Gasteiger partial charge on any atom is 0.243 e. The lowest BCUT2D eigenvalue weighted by atomic mass is 10.1. The minimum Gasteiger partial charge on any atom is -0.496 e. The summed E-state index contributed by atoms with van der Waals surface area (Å²) < 4.78 is 44.2. The van der Waals surface area contributed by atoms with Crippen molar-refractivity contribution >= 4 is 15.9 Å². The van der Waals surface area contributed by atoms with Gasteiger partial charge in [0.2, 0.25) is 15.9 Å². The summed E-state index contributed by atoms with van der Waals surface area (Å²) in [6.07, 6.45) is 1.72. The van der Waals surface area contributed by atoms with Crippen molar-refractivity contribution in [2.24, 2.45) is 0 Å². The topological polar surface area (TPSA) is 94.2 Å². The van der Waals surface area contributed by atoms with Gasteiger partial charge < -0.3 is 19.5 Å². The molecule has 8 nitrogen and oxygen atoms in total. The van der Waals surface area contributed by atoms with Gasteiger partial charge in [0.1, 0.15) is 25.0 Å². The lowest BCUT2D eigenvalue weighted by Crippen LogP contribution is -2.46. The molecule has 0 aromatic heterocycles. The Morgan fingerprint density at radius 1 is 1.16 bits per heavy atom. The molecule has 2 aromatic carbocycles. The van der Waals surface area contributed by atoms with Crippen molar-refractivity contribution in [1.82, 2.24) is 9.62 Å². The summed E-state index contributed by atoms with van der Waals surface area (Å²) in [7, 11) is -2.23. The average Bonchev–Trinajstić information content (AvgIpc) is 3.30. The first-order valence-electron chi connectivity index (χ1n) is 10.7. The van der Waals surface area contributed by atoms with Gasteiger partial charge in [0.05, 0.1) is 12.0 Å². The Balaban J connectivity index is 1.44. The highest BCUT2D eigenvalue weighted by Gasteiger charge is 2.39. The molecule has 2 aliphatic rings. The van der Waals surface area contributed by atoms with Gasteiger partial charge in [-0.15, -0.1) is 0 Å². The Morgan fingerprint density at radius 2 is 1.94 bits per heavy atom. The van der Waals surface area contributed by atoms with Crippen molar-refractivity contribution < 1.29 is 27.4 Å². The van der Waals surface area contributed by atoms with Crippen LogP contribution >= 0.6 is 0 Å². The van der Waals surface area contributed by atoms with Crippen molar-refractivity contribution in [3.63, 3.8) is 0 Å². The van der Waals surface area contributed by atoms with Gasteiger partial charge in [-0.2, -0.15) is 4.31 Å². The highest BCUT2D eigenvalue weighted by molar-refractivity contribution is 7.89. The number of hydrogen-bond acceptors (Lipinski definition) is 6. The molecule has 0 radical (unpaired) electrons. The Hall–Kier alpha value is -2.78. The Kier molecular flexibility index (Phi) is 6.57. The molecule has 1 atom stereocenters. The van der Waals surface area contributed by atoms with E-state index >= 15 is 0 Å². The van der Waals surface area contributed by atoms with Crippen molar-refractivity contribution in [3.05, 3.63) is 47.5 Å². The van der Waals surface area contributed by atoms with Gasteiger partial charge in [0.15, 0.2) is 11.5 Å². The zero-order valence-corrected chi connectivity index (χ0v) is 19.1. The number of sulfonamides is 1. The third-order valence-corrected chi connectivity index (χ3v) is 7.66. The number of ether oxygens (including phenoxy) is 3. The summed E-state index contributed by atoms with van der Waals surface area (Å²) in [5, 5.41) is 2.90. The van der Waals surface area contributed by atoms with Crippen LogP contribution in [0.25, 0.3) is 0 Å². The lowest BCUT2D eigenvalue weighted by molar-refractivity contribution is -0.124. The van der Waals surface area contributed by atoms with Crippen LogP contribution in [0.2, 0.25) is 0 Å². The SMILES string of the molecule is COc1ccc(C)cc1CCNC(=O)C1CCCN1S(=O)(=O)c1ccc2c(c1)OCCO2. The smallest absolute Gasteiger partial charge is 0.243 e. The molecule has 2 aromatic rings. The molecular formula is C23H28N2O6S. The van der Waals surface area contributed by atoms with Gasteiger partial charge in [0.25, 0.3) is 0 Å². The van der Waals surface area contributed by atoms with Crippen LogP contribution in [0.1, 0.15) is 24.0 Å². The van der Waals surface area contributed by atoms with Gasteiger partial charge in [-0.1, -0.05) is 17.7 Å². The maximum atomic E-state index is 13.3. The number of nitrogens with zero attached hydrogens (tertiary/aromatic N) is 1. The number of nitrogens with one attached hydrogen (secondary N) is 1. The van der Waals surface area contributed by atoms with E-state index in [0.29, 0.717) is 57.1 Å². The molecule has 4 rings (SSSR count). The standard InChI is InChI=1S/C23H28N2O6S/c1-16-5-7-20(29-2)17(14-16)9-10-24-23(26)19-4-3-11-25(19)32(27,28)18-6-8-21-22(15-18)31-13-12-30-21/h5-8,14-15,19H,3-4,9-13H2,1-2H3,(H,24,26). The molecule has 2 heterocycles. The molecule has 1 unspecified atom stereocenters. The van der Waals surface area contributed by atoms with Crippen LogP contribution < -0.4 is 19.5 Å². The molecule has 1 N–H and O–H groups in total. The lowest BCUT2D eigenvalue weighted by Gasteiger charge is -2.24. The number of amides is 1. The zero-order chi connectivity index (χ0) is 22.7. The maximum absolute atomic E-state index is 13.3. The van der Waals surface area contributed by atoms with Gasteiger partial charge in [-0.3, -0.25) is 4.79 Å². The van der Waals surface area contributed by atoms with Gasteiger partial charge in [0, 0.05) is 19.2 Å². The van der Waals surface area contributed by atoms with Crippen molar-refractivity contribution in [1.29, 1.82) is 0 Å². The number of carbonyl (C=O) groups excluding carboxylic acids is 1. The van der Waals surface area contributed by atoms with Crippen molar-refractivity contribution in [2.45, 2.75) is 37.1 Å². The van der Waals surface area contributed by atoms with E-state index in [1.165, 1.54) is 16.4 Å². The summed E-state index contributed by atoms with van der Waals surface area (Å²) in [4.78, 5) is 13.0. The largest absolute Gasteiger partial charge is 0.496 e. The molecular weight excluding hydrogens is 432 g/mol. The molecule has 1 saturated heterocycles. The second-order valence-electron chi connectivity index (χ2n) is 7.94. The Morgan fingerprint density at radius 3 is 2.72 bits per heavy atom. The van der Waals surface area contributed by atoms with Crippen LogP contribution in [0.3, 0.4) is 0 Å². The molecule has 0 aliphatic carbocycles. The fraction of sp³-hybridized carbons (Fsp3) is 0.435. The normalized spacial score (nSPS) is 18.4. The number of hydrogen-bond donors (Lipinski definition) is 1. The van der Waals surface area contributed by atoms with Crippen LogP contribution in [0.4, 0.5) is 0 Å². The van der Waals surface area contributed by atoms with E-state index in [2.05, 4.69) is 5.32 Å². The van der Waals surface area contributed by atoms with Gasteiger partial charge in [-0.25, -0.2) is 8.42 Å². The van der Waals surface area contributed by atoms with E-state index in [0.717, 1.165) is 16.9 Å².